The monoisotopic (exact) mass is 329 g/mol. The molecule has 0 aromatic rings. The first kappa shape index (κ1) is 17.8. The van der Waals surface area contributed by atoms with Gasteiger partial charge in [0, 0.05) is 13.1 Å². The maximum absolute atomic E-state index is 12.6. The van der Waals surface area contributed by atoms with Gasteiger partial charge in [0.1, 0.15) is 5.25 Å². The van der Waals surface area contributed by atoms with Gasteiger partial charge in [-0.05, 0) is 43.9 Å². The van der Waals surface area contributed by atoms with E-state index in [1.54, 1.807) is 11.8 Å². The van der Waals surface area contributed by atoms with Crippen LogP contribution in [-0.2, 0) is 14.6 Å². The number of sulfone groups is 1. The Morgan fingerprint density at radius 2 is 1.64 bits per heavy atom. The zero-order valence-electron chi connectivity index (χ0n) is 14.3. The number of hydrogen-bond donors (Lipinski definition) is 0. The average molecular weight is 330 g/mol. The summed E-state index contributed by atoms with van der Waals surface area (Å²) in [5, 5.41) is -0.882. The van der Waals surface area contributed by atoms with Gasteiger partial charge in [-0.25, -0.2) is 8.42 Å². The van der Waals surface area contributed by atoms with Gasteiger partial charge in [0.2, 0.25) is 5.91 Å². The largest absolute Gasteiger partial charge is 0.341 e. The lowest BCUT2D eigenvalue weighted by atomic mass is 9.91. The smallest absolute Gasteiger partial charge is 0.240 e. The molecule has 22 heavy (non-hydrogen) atoms. The van der Waals surface area contributed by atoms with E-state index in [1.807, 2.05) is 0 Å². The number of hydrogen-bond acceptors (Lipinski definition) is 3. The molecule has 0 aromatic heterocycles. The Kier molecular flexibility index (Phi) is 5.92. The Morgan fingerprint density at radius 1 is 1.09 bits per heavy atom. The first-order chi connectivity index (χ1) is 10.3. The molecule has 2 rings (SSSR count). The van der Waals surface area contributed by atoms with E-state index in [0.717, 1.165) is 32.1 Å². The molecular weight excluding hydrogens is 298 g/mol. The molecule has 0 aromatic carbocycles. The highest BCUT2D eigenvalue weighted by Crippen LogP contribution is 2.27. The lowest BCUT2D eigenvalue weighted by molar-refractivity contribution is -0.133. The van der Waals surface area contributed by atoms with Crippen LogP contribution in [0.5, 0.6) is 0 Å². The third-order valence-corrected chi connectivity index (χ3v) is 7.47. The standard InChI is InChI=1S/C17H31NO3S/c1-13-9-14(2)11-18(10-13)17(19)15(3)22(20,21)12-16-7-5-4-6-8-16/h13-16H,4-12H2,1-3H3. The van der Waals surface area contributed by atoms with Crippen LogP contribution in [0, 0.1) is 17.8 Å². The molecule has 4 nitrogen and oxygen atoms in total. The molecule has 5 heteroatoms. The van der Waals surface area contributed by atoms with E-state index in [-0.39, 0.29) is 17.6 Å². The van der Waals surface area contributed by atoms with Crippen molar-refractivity contribution in [3.8, 4) is 0 Å². The van der Waals surface area contributed by atoms with Crippen LogP contribution in [0.1, 0.15) is 59.3 Å². The molecule has 1 saturated carbocycles. The molecule has 2 fully saturated rings. The molecular formula is C17H31NO3S. The molecule has 1 amide bonds. The molecule has 3 atom stereocenters. The van der Waals surface area contributed by atoms with Crippen molar-refractivity contribution >= 4 is 15.7 Å². The van der Waals surface area contributed by atoms with Crippen LogP contribution < -0.4 is 0 Å². The highest BCUT2D eigenvalue weighted by Gasteiger charge is 2.36. The van der Waals surface area contributed by atoms with Crippen molar-refractivity contribution in [3.63, 3.8) is 0 Å². The summed E-state index contributed by atoms with van der Waals surface area (Å²) in [6, 6.07) is 0. The Bertz CT molecular complexity index is 472. The zero-order valence-corrected chi connectivity index (χ0v) is 15.1. The predicted octanol–water partition coefficient (Wildman–Crippen LogP) is 2.87. The lowest BCUT2D eigenvalue weighted by Gasteiger charge is -2.36. The quantitative estimate of drug-likeness (QED) is 0.797. The summed E-state index contributed by atoms with van der Waals surface area (Å²) in [7, 11) is -3.33. The third kappa shape index (κ3) is 4.46. The van der Waals surface area contributed by atoms with E-state index in [2.05, 4.69) is 13.8 Å². The minimum absolute atomic E-state index is 0.186. The molecule has 0 N–H and O–H groups in total. The molecule has 1 aliphatic heterocycles. The van der Waals surface area contributed by atoms with Crippen molar-refractivity contribution in [2.75, 3.05) is 18.8 Å². The van der Waals surface area contributed by atoms with Crippen LogP contribution in [0.15, 0.2) is 0 Å². The van der Waals surface area contributed by atoms with Crippen molar-refractivity contribution in [2.24, 2.45) is 17.8 Å². The second-order valence-electron chi connectivity index (χ2n) is 7.67. The molecule has 3 unspecified atom stereocenters. The Hall–Kier alpha value is -0.580. The first-order valence-electron chi connectivity index (χ1n) is 8.80. The minimum atomic E-state index is -3.33. The predicted molar refractivity (Wildman–Crippen MR) is 89.3 cm³/mol. The van der Waals surface area contributed by atoms with Gasteiger partial charge < -0.3 is 4.90 Å². The fraction of sp³-hybridized carbons (Fsp3) is 0.941. The highest BCUT2D eigenvalue weighted by atomic mass is 32.2. The lowest BCUT2D eigenvalue weighted by Crippen LogP contribution is -2.48. The number of amides is 1. The summed E-state index contributed by atoms with van der Waals surface area (Å²) in [6.07, 6.45) is 6.59. The summed E-state index contributed by atoms with van der Waals surface area (Å²) < 4.78 is 25.2. The van der Waals surface area contributed by atoms with Gasteiger partial charge in [0.15, 0.2) is 9.84 Å². The fourth-order valence-corrected chi connectivity index (χ4v) is 5.82. The van der Waals surface area contributed by atoms with Gasteiger partial charge in [0.05, 0.1) is 5.75 Å². The van der Waals surface area contributed by atoms with Gasteiger partial charge in [-0.2, -0.15) is 0 Å². The van der Waals surface area contributed by atoms with Crippen LogP contribution >= 0.6 is 0 Å². The molecule has 1 saturated heterocycles. The van der Waals surface area contributed by atoms with E-state index < -0.39 is 15.1 Å². The number of piperidine rings is 1. The molecule has 0 spiro atoms. The van der Waals surface area contributed by atoms with Crippen molar-refractivity contribution in [1.29, 1.82) is 0 Å². The van der Waals surface area contributed by atoms with Gasteiger partial charge >= 0.3 is 0 Å². The highest BCUT2D eigenvalue weighted by molar-refractivity contribution is 7.92. The van der Waals surface area contributed by atoms with E-state index >= 15 is 0 Å². The maximum atomic E-state index is 12.6. The topological polar surface area (TPSA) is 54.5 Å². The first-order valence-corrected chi connectivity index (χ1v) is 10.5. The molecule has 1 heterocycles. The number of likely N-dealkylation sites (tertiary alicyclic amines) is 1. The molecule has 2 aliphatic rings. The molecule has 1 aliphatic carbocycles. The van der Waals surface area contributed by atoms with Crippen LogP contribution in [-0.4, -0.2) is 43.3 Å². The second kappa shape index (κ2) is 7.33. The van der Waals surface area contributed by atoms with E-state index in [9.17, 15) is 13.2 Å². The van der Waals surface area contributed by atoms with E-state index in [4.69, 9.17) is 0 Å². The minimum Gasteiger partial charge on any atom is -0.341 e. The molecule has 128 valence electrons. The van der Waals surface area contributed by atoms with Crippen LogP contribution in [0.4, 0.5) is 0 Å². The number of carbonyl (C=O) groups is 1. The van der Waals surface area contributed by atoms with Gasteiger partial charge in [0.25, 0.3) is 0 Å². The number of nitrogens with zero attached hydrogens (tertiary/aromatic N) is 1. The number of carbonyl (C=O) groups excluding carboxylic acids is 1. The number of rotatable bonds is 4. The zero-order chi connectivity index (χ0) is 16.3. The van der Waals surface area contributed by atoms with Crippen LogP contribution in [0.25, 0.3) is 0 Å². The van der Waals surface area contributed by atoms with Crippen LogP contribution in [0.3, 0.4) is 0 Å². The van der Waals surface area contributed by atoms with E-state index in [0.29, 0.717) is 24.9 Å². The van der Waals surface area contributed by atoms with Gasteiger partial charge in [-0.1, -0.05) is 33.1 Å². The summed E-state index contributed by atoms with van der Waals surface area (Å²) in [5.41, 5.74) is 0. The summed E-state index contributed by atoms with van der Waals surface area (Å²) in [5.74, 6) is 1.18. The summed E-state index contributed by atoms with van der Waals surface area (Å²) >= 11 is 0. The Balaban J connectivity index is 1.98. The van der Waals surface area contributed by atoms with Crippen molar-refractivity contribution in [2.45, 2.75) is 64.5 Å². The van der Waals surface area contributed by atoms with Crippen molar-refractivity contribution in [3.05, 3.63) is 0 Å². The van der Waals surface area contributed by atoms with Gasteiger partial charge in [-0.15, -0.1) is 0 Å². The maximum Gasteiger partial charge on any atom is 0.240 e. The normalized spacial score (nSPS) is 29.3. The van der Waals surface area contributed by atoms with Crippen molar-refractivity contribution < 1.29 is 13.2 Å². The Morgan fingerprint density at radius 3 is 2.18 bits per heavy atom. The Labute approximate surface area is 135 Å². The summed E-state index contributed by atoms with van der Waals surface area (Å²) in [4.78, 5) is 14.4. The average Bonchev–Trinajstić information content (AvgIpc) is 2.45. The third-order valence-electron chi connectivity index (χ3n) is 5.26. The fourth-order valence-electron chi connectivity index (χ4n) is 4.08. The SMILES string of the molecule is CC1CC(C)CN(C(=O)C(C)S(=O)(=O)CC2CCCCC2)C1. The molecule has 0 bridgehead atoms. The second-order valence-corrected chi connectivity index (χ2v) is 10.0. The molecule has 0 radical (unpaired) electrons. The van der Waals surface area contributed by atoms with Crippen LogP contribution in [0.2, 0.25) is 0 Å². The van der Waals surface area contributed by atoms with Gasteiger partial charge in [-0.3, -0.25) is 4.79 Å². The van der Waals surface area contributed by atoms with Crippen molar-refractivity contribution in [1.82, 2.24) is 4.90 Å². The van der Waals surface area contributed by atoms with E-state index in [1.165, 1.54) is 6.42 Å². The summed E-state index contributed by atoms with van der Waals surface area (Å²) in [6.45, 7) is 7.26.